The van der Waals surface area contributed by atoms with Crippen LogP contribution in [0.1, 0.15) is 30.5 Å². The molecule has 1 fully saturated rings. The molecular weight excluding hydrogens is 264 g/mol. The van der Waals surface area contributed by atoms with Gasteiger partial charge >= 0.3 is 0 Å². The van der Waals surface area contributed by atoms with Gasteiger partial charge in [-0.2, -0.15) is 0 Å². The highest BCUT2D eigenvalue weighted by atomic mass is 16.5. The maximum absolute atomic E-state index is 12.7. The standard InChI is InChI=1S/C17H24N2O2/c1-12-11-21-13(2)10-19(12)17(20)8-14-4-3-5-15-9-18-7-6-16(14)15/h3-5,12-13,18H,6-11H2,1-2H3. The highest BCUT2D eigenvalue weighted by Crippen LogP contribution is 2.21. The number of amides is 1. The van der Waals surface area contributed by atoms with Gasteiger partial charge in [-0.1, -0.05) is 18.2 Å². The van der Waals surface area contributed by atoms with Gasteiger partial charge in [-0.05, 0) is 43.5 Å². The lowest BCUT2D eigenvalue weighted by Crippen LogP contribution is -2.50. The number of rotatable bonds is 2. The fraction of sp³-hybridized carbons (Fsp3) is 0.588. The van der Waals surface area contributed by atoms with Crippen LogP contribution < -0.4 is 5.32 Å². The van der Waals surface area contributed by atoms with E-state index in [0.717, 1.165) is 19.5 Å². The summed E-state index contributed by atoms with van der Waals surface area (Å²) in [5, 5.41) is 3.39. The zero-order chi connectivity index (χ0) is 14.8. The minimum absolute atomic E-state index is 0.138. The first kappa shape index (κ1) is 14.5. The minimum atomic E-state index is 0.138. The SMILES string of the molecule is CC1CN(C(=O)Cc2cccc3c2CCNC3)C(C)CO1. The smallest absolute Gasteiger partial charge is 0.227 e. The van der Waals surface area contributed by atoms with Crippen molar-refractivity contribution < 1.29 is 9.53 Å². The summed E-state index contributed by atoms with van der Waals surface area (Å²) >= 11 is 0. The molecular formula is C17H24N2O2. The third-order valence-electron chi connectivity index (χ3n) is 4.51. The number of hydrogen-bond donors (Lipinski definition) is 1. The third-order valence-corrected chi connectivity index (χ3v) is 4.51. The van der Waals surface area contributed by atoms with Crippen LogP contribution in [0.25, 0.3) is 0 Å². The number of hydrogen-bond acceptors (Lipinski definition) is 3. The van der Waals surface area contributed by atoms with Crippen molar-refractivity contribution in [2.45, 2.75) is 45.4 Å². The molecule has 2 atom stereocenters. The lowest BCUT2D eigenvalue weighted by Gasteiger charge is -2.37. The fourth-order valence-electron chi connectivity index (χ4n) is 3.29. The Morgan fingerprint density at radius 2 is 2.29 bits per heavy atom. The van der Waals surface area contributed by atoms with E-state index in [2.05, 4.69) is 30.4 Å². The molecule has 0 spiro atoms. The molecule has 3 rings (SSSR count). The summed E-state index contributed by atoms with van der Waals surface area (Å²) in [5.74, 6) is 0.226. The Labute approximate surface area is 126 Å². The molecule has 1 amide bonds. The van der Waals surface area contributed by atoms with Gasteiger partial charge in [0.2, 0.25) is 5.91 Å². The number of nitrogens with one attached hydrogen (secondary N) is 1. The van der Waals surface area contributed by atoms with Crippen LogP contribution in [0.4, 0.5) is 0 Å². The molecule has 4 heteroatoms. The van der Waals surface area contributed by atoms with E-state index >= 15 is 0 Å². The van der Waals surface area contributed by atoms with E-state index in [0.29, 0.717) is 19.6 Å². The number of carbonyl (C=O) groups is 1. The summed E-state index contributed by atoms with van der Waals surface area (Å²) in [6, 6.07) is 6.51. The normalized spacial score (nSPS) is 25.5. The Hall–Kier alpha value is -1.39. The van der Waals surface area contributed by atoms with Gasteiger partial charge in [0.05, 0.1) is 25.2 Å². The van der Waals surface area contributed by atoms with Crippen LogP contribution in [0.3, 0.4) is 0 Å². The van der Waals surface area contributed by atoms with Gasteiger partial charge in [-0.15, -0.1) is 0 Å². The zero-order valence-corrected chi connectivity index (χ0v) is 12.9. The predicted molar refractivity (Wildman–Crippen MR) is 82.1 cm³/mol. The lowest BCUT2D eigenvalue weighted by atomic mass is 9.93. The summed E-state index contributed by atoms with van der Waals surface area (Å²) in [6.07, 6.45) is 1.67. The van der Waals surface area contributed by atoms with Gasteiger partial charge in [0.25, 0.3) is 0 Å². The molecule has 1 aromatic carbocycles. The van der Waals surface area contributed by atoms with Gasteiger partial charge < -0.3 is 15.0 Å². The van der Waals surface area contributed by atoms with Crippen LogP contribution in [-0.4, -0.2) is 42.6 Å². The molecule has 2 aliphatic rings. The first-order chi connectivity index (χ1) is 10.1. The van der Waals surface area contributed by atoms with Gasteiger partial charge in [0, 0.05) is 13.1 Å². The van der Waals surface area contributed by atoms with Crippen molar-refractivity contribution in [1.82, 2.24) is 10.2 Å². The van der Waals surface area contributed by atoms with E-state index in [1.807, 2.05) is 11.8 Å². The van der Waals surface area contributed by atoms with Crippen LogP contribution >= 0.6 is 0 Å². The average molecular weight is 288 g/mol. The summed E-state index contributed by atoms with van der Waals surface area (Å²) in [4.78, 5) is 14.6. The fourth-order valence-corrected chi connectivity index (χ4v) is 3.29. The largest absolute Gasteiger partial charge is 0.375 e. The van der Waals surface area contributed by atoms with Gasteiger partial charge in [-0.25, -0.2) is 0 Å². The van der Waals surface area contributed by atoms with Crippen LogP contribution in [-0.2, 0) is 28.9 Å². The Bertz CT molecular complexity index is 530. The Morgan fingerprint density at radius 1 is 1.43 bits per heavy atom. The first-order valence-electron chi connectivity index (χ1n) is 7.86. The van der Waals surface area contributed by atoms with E-state index in [-0.39, 0.29) is 18.1 Å². The summed E-state index contributed by atoms with van der Waals surface area (Å²) in [7, 11) is 0. The summed E-state index contributed by atoms with van der Waals surface area (Å²) in [6.45, 7) is 7.36. The maximum atomic E-state index is 12.7. The molecule has 1 saturated heterocycles. The van der Waals surface area contributed by atoms with Crippen LogP contribution in [0.2, 0.25) is 0 Å². The molecule has 0 bridgehead atoms. The monoisotopic (exact) mass is 288 g/mol. The molecule has 0 saturated carbocycles. The molecule has 1 N–H and O–H groups in total. The molecule has 2 unspecified atom stereocenters. The molecule has 1 aromatic rings. The predicted octanol–water partition coefficient (Wildman–Crippen LogP) is 1.51. The number of benzene rings is 1. The van der Waals surface area contributed by atoms with Crippen LogP contribution in [0.15, 0.2) is 18.2 Å². The number of carbonyl (C=O) groups excluding carboxylic acids is 1. The van der Waals surface area contributed by atoms with Crippen molar-refractivity contribution in [2.75, 3.05) is 19.7 Å². The molecule has 0 aliphatic carbocycles. The topological polar surface area (TPSA) is 41.6 Å². The highest BCUT2D eigenvalue weighted by Gasteiger charge is 2.28. The summed E-state index contributed by atoms with van der Waals surface area (Å²) in [5.41, 5.74) is 3.92. The van der Waals surface area contributed by atoms with Crippen LogP contribution in [0, 0.1) is 0 Å². The quantitative estimate of drug-likeness (QED) is 0.897. The van der Waals surface area contributed by atoms with E-state index < -0.39 is 0 Å². The van der Waals surface area contributed by atoms with Crippen molar-refractivity contribution in [3.05, 3.63) is 34.9 Å². The number of morpholine rings is 1. The highest BCUT2D eigenvalue weighted by molar-refractivity contribution is 5.79. The molecule has 4 nitrogen and oxygen atoms in total. The third kappa shape index (κ3) is 3.11. The Kier molecular flexibility index (Phi) is 4.27. The number of nitrogens with zero attached hydrogens (tertiary/aromatic N) is 1. The average Bonchev–Trinajstić information content (AvgIpc) is 2.50. The van der Waals surface area contributed by atoms with Crippen molar-refractivity contribution in [3.8, 4) is 0 Å². The van der Waals surface area contributed by atoms with Crippen molar-refractivity contribution in [2.24, 2.45) is 0 Å². The van der Waals surface area contributed by atoms with Crippen molar-refractivity contribution in [1.29, 1.82) is 0 Å². The lowest BCUT2D eigenvalue weighted by molar-refractivity contribution is -0.142. The second-order valence-corrected chi connectivity index (χ2v) is 6.20. The molecule has 0 aromatic heterocycles. The second-order valence-electron chi connectivity index (χ2n) is 6.20. The molecule has 0 radical (unpaired) electrons. The molecule has 2 heterocycles. The summed E-state index contributed by atoms with van der Waals surface area (Å²) < 4.78 is 5.61. The number of fused-ring (bicyclic) bond motifs is 1. The molecule has 21 heavy (non-hydrogen) atoms. The van der Waals surface area contributed by atoms with Gasteiger partial charge in [-0.3, -0.25) is 4.79 Å². The van der Waals surface area contributed by atoms with E-state index in [9.17, 15) is 4.79 Å². The molecule has 2 aliphatic heterocycles. The van der Waals surface area contributed by atoms with Gasteiger partial charge in [0.1, 0.15) is 0 Å². The molecule has 114 valence electrons. The van der Waals surface area contributed by atoms with Crippen LogP contribution in [0.5, 0.6) is 0 Å². The number of ether oxygens (including phenoxy) is 1. The zero-order valence-electron chi connectivity index (χ0n) is 12.9. The van der Waals surface area contributed by atoms with Crippen molar-refractivity contribution in [3.63, 3.8) is 0 Å². The van der Waals surface area contributed by atoms with E-state index in [4.69, 9.17) is 4.74 Å². The van der Waals surface area contributed by atoms with E-state index in [1.54, 1.807) is 0 Å². The van der Waals surface area contributed by atoms with Crippen molar-refractivity contribution >= 4 is 5.91 Å². The first-order valence-corrected chi connectivity index (χ1v) is 7.86. The van der Waals surface area contributed by atoms with Gasteiger partial charge in [0.15, 0.2) is 0 Å². The second kappa shape index (κ2) is 6.16. The van der Waals surface area contributed by atoms with E-state index in [1.165, 1.54) is 16.7 Å². The Balaban J connectivity index is 1.75. The Morgan fingerprint density at radius 3 is 3.14 bits per heavy atom. The minimum Gasteiger partial charge on any atom is -0.375 e. The maximum Gasteiger partial charge on any atom is 0.227 e.